The Hall–Kier alpha value is -3.39. The van der Waals surface area contributed by atoms with Gasteiger partial charge in [-0.3, -0.25) is 14.5 Å². The second-order valence-electron chi connectivity index (χ2n) is 9.17. The van der Waals surface area contributed by atoms with Crippen molar-refractivity contribution >= 4 is 17.9 Å². The Morgan fingerprint density at radius 3 is 2.57 bits per heavy atom. The second-order valence-corrected chi connectivity index (χ2v) is 9.17. The van der Waals surface area contributed by atoms with Gasteiger partial charge in [-0.25, -0.2) is 4.79 Å². The Morgan fingerprint density at radius 1 is 1.09 bits per heavy atom. The van der Waals surface area contributed by atoms with Gasteiger partial charge < -0.3 is 20.3 Å². The van der Waals surface area contributed by atoms with Crippen LogP contribution in [0.5, 0.6) is 0 Å². The lowest BCUT2D eigenvalue weighted by Gasteiger charge is -2.51. The Morgan fingerprint density at radius 2 is 1.83 bits per heavy atom. The van der Waals surface area contributed by atoms with Gasteiger partial charge in [-0.1, -0.05) is 54.6 Å². The molecule has 2 fully saturated rings. The van der Waals surface area contributed by atoms with E-state index in [0.717, 1.165) is 16.7 Å². The largest absolute Gasteiger partial charge is 0.449 e. The molecule has 8 heteroatoms. The predicted octanol–water partition coefficient (Wildman–Crippen LogP) is 2.68. The lowest BCUT2D eigenvalue weighted by atomic mass is 9.99. The summed E-state index contributed by atoms with van der Waals surface area (Å²) < 4.78 is 5.65. The molecule has 0 saturated carbocycles. The minimum absolute atomic E-state index is 0.0957. The van der Waals surface area contributed by atoms with Crippen molar-refractivity contribution in [1.29, 1.82) is 0 Å². The van der Waals surface area contributed by atoms with Crippen LogP contribution in [0.1, 0.15) is 36.0 Å². The van der Waals surface area contributed by atoms with Crippen LogP contribution in [0.4, 0.5) is 4.79 Å². The number of rotatable bonds is 8. The number of amides is 3. The van der Waals surface area contributed by atoms with Gasteiger partial charge >= 0.3 is 6.09 Å². The summed E-state index contributed by atoms with van der Waals surface area (Å²) in [6.45, 7) is 3.68. The highest BCUT2D eigenvalue weighted by Gasteiger charge is 2.48. The molecule has 35 heavy (non-hydrogen) atoms. The summed E-state index contributed by atoms with van der Waals surface area (Å²) in [5.74, 6) is -0.199. The smallest absolute Gasteiger partial charge is 0.411 e. The molecule has 2 aliphatic rings. The Balaban J connectivity index is 1.50. The molecule has 0 bridgehead atoms. The van der Waals surface area contributed by atoms with Gasteiger partial charge in [-0.05, 0) is 43.0 Å². The second kappa shape index (κ2) is 11.4. The van der Waals surface area contributed by atoms with Crippen LogP contribution < -0.4 is 5.73 Å². The molecule has 0 spiro atoms. The third-order valence-corrected chi connectivity index (χ3v) is 6.84. The average Bonchev–Trinajstić information content (AvgIpc) is 2.86. The maximum absolute atomic E-state index is 13.4. The first-order valence-corrected chi connectivity index (χ1v) is 12.3. The van der Waals surface area contributed by atoms with Crippen LogP contribution in [0.2, 0.25) is 0 Å². The monoisotopic (exact) mass is 478 g/mol. The van der Waals surface area contributed by atoms with Gasteiger partial charge in [-0.2, -0.15) is 0 Å². The highest BCUT2D eigenvalue weighted by atomic mass is 16.6. The van der Waals surface area contributed by atoms with Crippen LogP contribution in [0.3, 0.4) is 0 Å². The summed E-state index contributed by atoms with van der Waals surface area (Å²) >= 11 is 0. The molecule has 0 aromatic heterocycles. The number of hydrogen-bond acceptors (Lipinski definition) is 5. The zero-order valence-corrected chi connectivity index (χ0v) is 20.3. The summed E-state index contributed by atoms with van der Waals surface area (Å²) in [6, 6.07) is 17.1. The summed E-state index contributed by atoms with van der Waals surface area (Å²) in [5, 5.41) is 0. The van der Waals surface area contributed by atoms with E-state index in [1.165, 1.54) is 0 Å². The quantitative estimate of drug-likeness (QED) is 0.629. The van der Waals surface area contributed by atoms with Gasteiger partial charge in [0.15, 0.2) is 0 Å². The molecule has 2 N–H and O–H groups in total. The zero-order valence-electron chi connectivity index (χ0n) is 20.3. The molecule has 186 valence electrons. The van der Waals surface area contributed by atoms with Crippen LogP contribution in [0.25, 0.3) is 0 Å². The third kappa shape index (κ3) is 5.65. The first-order valence-electron chi connectivity index (χ1n) is 12.3. The van der Waals surface area contributed by atoms with Crippen molar-refractivity contribution in [3.63, 3.8) is 0 Å². The number of aryl methyl sites for hydroxylation is 1. The van der Waals surface area contributed by atoms with Gasteiger partial charge in [0.25, 0.3) is 0 Å². The van der Waals surface area contributed by atoms with Crippen molar-refractivity contribution in [2.45, 2.75) is 51.4 Å². The number of nitrogens with zero attached hydrogens (tertiary/aromatic N) is 3. The van der Waals surface area contributed by atoms with E-state index in [1.54, 1.807) is 14.7 Å². The molecule has 8 nitrogen and oxygen atoms in total. The van der Waals surface area contributed by atoms with Gasteiger partial charge in [0.05, 0.1) is 13.2 Å². The molecule has 2 saturated heterocycles. The average molecular weight is 479 g/mol. The van der Waals surface area contributed by atoms with E-state index in [2.05, 4.69) is 0 Å². The molecule has 2 heterocycles. The van der Waals surface area contributed by atoms with Crippen LogP contribution in [0, 0.1) is 6.92 Å². The zero-order chi connectivity index (χ0) is 24.8. The van der Waals surface area contributed by atoms with Crippen LogP contribution in [-0.2, 0) is 27.3 Å². The minimum atomic E-state index is -0.629. The fourth-order valence-corrected chi connectivity index (χ4v) is 4.95. The molecule has 2 aromatic rings. The molecule has 4 rings (SSSR count). The van der Waals surface area contributed by atoms with E-state index in [-0.39, 0.29) is 37.9 Å². The van der Waals surface area contributed by atoms with E-state index >= 15 is 0 Å². The van der Waals surface area contributed by atoms with Gasteiger partial charge in [0, 0.05) is 25.9 Å². The number of benzene rings is 2. The molecule has 0 aliphatic carbocycles. The minimum Gasteiger partial charge on any atom is -0.449 e. The first-order chi connectivity index (χ1) is 17.0. The predicted molar refractivity (Wildman–Crippen MR) is 132 cm³/mol. The molecule has 3 amide bonds. The fraction of sp³-hybridized carbons (Fsp3) is 0.444. The van der Waals surface area contributed by atoms with E-state index < -0.39 is 18.3 Å². The molecular formula is C27H34N4O4. The van der Waals surface area contributed by atoms with Crippen molar-refractivity contribution in [2.75, 3.05) is 26.2 Å². The number of nitrogens with two attached hydrogens (primary N) is 1. The highest BCUT2D eigenvalue weighted by molar-refractivity contribution is 5.90. The number of fused-ring (bicyclic) bond motifs is 1. The van der Waals surface area contributed by atoms with Crippen molar-refractivity contribution in [3.8, 4) is 0 Å². The summed E-state index contributed by atoms with van der Waals surface area (Å²) in [7, 11) is 0. The van der Waals surface area contributed by atoms with E-state index in [9.17, 15) is 14.4 Å². The molecular weight excluding hydrogens is 444 g/mol. The third-order valence-electron chi connectivity index (χ3n) is 6.84. The number of hydrogen-bond donors (Lipinski definition) is 1. The summed E-state index contributed by atoms with van der Waals surface area (Å²) in [4.78, 5) is 44.5. The molecule has 0 radical (unpaired) electrons. The normalized spacial score (nSPS) is 20.1. The number of piperazine rings is 1. The number of ether oxygens (including phenoxy) is 1. The summed E-state index contributed by atoms with van der Waals surface area (Å²) in [6.07, 6.45) is 0.886. The van der Waals surface area contributed by atoms with Crippen LogP contribution in [0.15, 0.2) is 54.6 Å². The SMILES string of the molecule is Cc1ccccc1CCOC(=O)N1CCC(=O)N2C(CCCN)C(=O)N(Cc3ccccc3)C[C@H]12. The van der Waals surface area contributed by atoms with Crippen molar-refractivity contribution in [3.05, 3.63) is 71.3 Å². The van der Waals surface area contributed by atoms with Crippen LogP contribution >= 0.6 is 0 Å². The first kappa shape index (κ1) is 24.7. The lowest BCUT2D eigenvalue weighted by Crippen LogP contribution is -2.71. The van der Waals surface area contributed by atoms with E-state index in [0.29, 0.717) is 32.4 Å². The van der Waals surface area contributed by atoms with Gasteiger partial charge in [0.1, 0.15) is 12.2 Å². The maximum Gasteiger partial charge on any atom is 0.411 e. The number of carbonyl (C=O) groups excluding carboxylic acids is 3. The maximum atomic E-state index is 13.4. The number of carbonyl (C=O) groups is 3. The Labute approximate surface area is 206 Å². The van der Waals surface area contributed by atoms with Gasteiger partial charge in [-0.15, -0.1) is 0 Å². The molecule has 1 unspecified atom stereocenters. The molecule has 2 aliphatic heterocycles. The van der Waals surface area contributed by atoms with Gasteiger partial charge in [0.2, 0.25) is 11.8 Å². The Kier molecular flexibility index (Phi) is 8.02. The van der Waals surface area contributed by atoms with Crippen molar-refractivity contribution < 1.29 is 19.1 Å². The highest BCUT2D eigenvalue weighted by Crippen LogP contribution is 2.29. The summed E-state index contributed by atoms with van der Waals surface area (Å²) in [5.41, 5.74) is 9.02. The fourth-order valence-electron chi connectivity index (χ4n) is 4.95. The van der Waals surface area contributed by atoms with E-state index in [4.69, 9.17) is 10.5 Å². The van der Waals surface area contributed by atoms with Crippen molar-refractivity contribution in [2.24, 2.45) is 5.73 Å². The van der Waals surface area contributed by atoms with Crippen molar-refractivity contribution in [1.82, 2.24) is 14.7 Å². The molecule has 2 aromatic carbocycles. The standard InChI is InChI=1S/C27H34N4O4/c1-20-8-5-6-11-22(20)14-17-35-27(34)30-16-13-25(32)31-23(12-7-15-28)26(33)29(19-24(30)31)18-21-9-3-2-4-10-21/h2-6,8-11,23-24H,7,12-19,28H2,1H3/t23?,24-/m1/s1. The van der Waals surface area contributed by atoms with Crippen LogP contribution in [-0.4, -0.2) is 71.1 Å². The topological polar surface area (TPSA) is 96.2 Å². The Bertz CT molecular complexity index is 1040. The van der Waals surface area contributed by atoms with E-state index in [1.807, 2.05) is 61.5 Å². The lowest BCUT2D eigenvalue weighted by molar-refractivity contribution is -0.169. The molecule has 2 atom stereocenters.